The van der Waals surface area contributed by atoms with Gasteiger partial charge in [0.1, 0.15) is 0 Å². The molecule has 0 aromatic heterocycles. The van der Waals surface area contributed by atoms with Crippen molar-refractivity contribution >= 4 is 11.9 Å². The lowest BCUT2D eigenvalue weighted by Gasteiger charge is -2.31. The van der Waals surface area contributed by atoms with Gasteiger partial charge in [-0.1, -0.05) is 97.0 Å². The second-order valence-electron chi connectivity index (χ2n) is 8.51. The van der Waals surface area contributed by atoms with Crippen LogP contribution in [-0.4, -0.2) is 35.9 Å². The van der Waals surface area contributed by atoms with E-state index in [1.807, 2.05) is 0 Å². The van der Waals surface area contributed by atoms with E-state index in [1.165, 1.54) is 77.7 Å². The number of methoxy groups -OCH3 is 1. The maximum Gasteiger partial charge on any atom is 0.350 e. The first-order valence-corrected chi connectivity index (χ1v) is 12.0. The van der Waals surface area contributed by atoms with Crippen molar-refractivity contribution in [2.24, 2.45) is 0 Å². The molecular weight excluding hydrogens is 380 g/mol. The molecule has 2 atom stereocenters. The average molecular weight is 427 g/mol. The van der Waals surface area contributed by atoms with Gasteiger partial charge in [0.2, 0.25) is 5.60 Å². The van der Waals surface area contributed by atoms with Gasteiger partial charge in [0, 0.05) is 12.5 Å². The number of ether oxygens (including phenoxy) is 2. The Morgan fingerprint density at radius 2 is 1.33 bits per heavy atom. The first kappa shape index (κ1) is 28.6. The number of unbranched alkanes of at least 4 members (excludes halogenated alkanes) is 13. The molecule has 0 saturated carbocycles. The van der Waals surface area contributed by atoms with Gasteiger partial charge in [-0.2, -0.15) is 0 Å². The van der Waals surface area contributed by atoms with Crippen LogP contribution in [0.5, 0.6) is 0 Å². The highest BCUT2D eigenvalue weighted by atomic mass is 16.6. The van der Waals surface area contributed by atoms with E-state index in [0.29, 0.717) is 6.42 Å². The van der Waals surface area contributed by atoms with E-state index in [0.717, 1.165) is 25.3 Å². The van der Waals surface area contributed by atoms with E-state index in [4.69, 9.17) is 9.47 Å². The minimum absolute atomic E-state index is 0.0255. The summed E-state index contributed by atoms with van der Waals surface area (Å²) in [4.78, 5) is 24.1. The molecule has 0 saturated heterocycles. The van der Waals surface area contributed by atoms with Crippen molar-refractivity contribution in [2.75, 3.05) is 7.11 Å². The van der Waals surface area contributed by atoms with Crippen LogP contribution in [0.1, 0.15) is 117 Å². The first-order valence-electron chi connectivity index (χ1n) is 12.0. The summed E-state index contributed by atoms with van der Waals surface area (Å²) < 4.78 is 10.2. The molecule has 5 nitrogen and oxygen atoms in total. The molecule has 0 aliphatic heterocycles. The summed E-state index contributed by atoms with van der Waals surface area (Å²) in [7, 11) is 1.27. The minimum Gasteiger partial charge on any atom is -0.466 e. The number of rotatable bonds is 20. The van der Waals surface area contributed by atoms with Crippen LogP contribution in [0.25, 0.3) is 0 Å². The van der Waals surface area contributed by atoms with Crippen molar-refractivity contribution < 1.29 is 24.2 Å². The number of esters is 2. The molecule has 1 N–H and O–H groups in total. The maximum absolute atomic E-state index is 12.3. The van der Waals surface area contributed by atoms with Crippen LogP contribution in [0.15, 0.2) is 12.7 Å². The van der Waals surface area contributed by atoms with Crippen molar-refractivity contribution in [3.8, 4) is 0 Å². The molecule has 0 rings (SSSR count). The molecule has 0 heterocycles. The summed E-state index contributed by atoms with van der Waals surface area (Å²) >= 11 is 0. The smallest absolute Gasteiger partial charge is 0.350 e. The zero-order valence-corrected chi connectivity index (χ0v) is 19.8. The van der Waals surface area contributed by atoms with Gasteiger partial charge in [-0.3, -0.25) is 0 Å². The van der Waals surface area contributed by atoms with Crippen LogP contribution in [0.3, 0.4) is 0 Å². The molecule has 0 aliphatic carbocycles. The summed E-state index contributed by atoms with van der Waals surface area (Å²) in [5.41, 5.74) is -1.44. The molecule has 2 unspecified atom stereocenters. The SMILES string of the molecule is C=CC(=O)OC(CCCCCCCCCCCCCCCC)(CC(C)O)C(=O)OC. The van der Waals surface area contributed by atoms with Gasteiger partial charge in [-0.25, -0.2) is 9.59 Å². The monoisotopic (exact) mass is 426 g/mol. The summed E-state index contributed by atoms with van der Waals surface area (Å²) in [6.07, 6.45) is 18.0. The van der Waals surface area contributed by atoms with E-state index >= 15 is 0 Å². The van der Waals surface area contributed by atoms with E-state index in [2.05, 4.69) is 13.5 Å². The molecule has 5 heteroatoms. The van der Waals surface area contributed by atoms with Crippen LogP contribution >= 0.6 is 0 Å². The highest BCUT2D eigenvalue weighted by molar-refractivity contribution is 5.87. The van der Waals surface area contributed by atoms with Crippen LogP contribution in [0.4, 0.5) is 0 Å². The molecule has 0 radical (unpaired) electrons. The number of carbonyl (C=O) groups is 2. The summed E-state index contributed by atoms with van der Waals surface area (Å²) in [5.74, 6) is -1.29. The van der Waals surface area contributed by atoms with Gasteiger partial charge in [-0.15, -0.1) is 0 Å². The standard InChI is InChI=1S/C25H46O5/c1-5-7-8-9-10-11-12-13-14-15-16-17-18-19-20-25(21-22(3)26,24(28)29-4)30-23(27)6-2/h6,22,26H,2,5,7-21H2,1,3-4H3. The van der Waals surface area contributed by atoms with Gasteiger partial charge in [0.15, 0.2) is 0 Å². The Kier molecular flexibility index (Phi) is 17.6. The van der Waals surface area contributed by atoms with Crippen LogP contribution in [0.2, 0.25) is 0 Å². The molecule has 0 spiro atoms. The fourth-order valence-corrected chi connectivity index (χ4v) is 3.92. The Balaban J connectivity index is 4.07. The van der Waals surface area contributed by atoms with Gasteiger partial charge >= 0.3 is 11.9 Å². The lowest BCUT2D eigenvalue weighted by Crippen LogP contribution is -2.46. The van der Waals surface area contributed by atoms with E-state index in [9.17, 15) is 14.7 Å². The summed E-state index contributed by atoms with van der Waals surface area (Å²) in [5, 5.41) is 9.81. The first-order chi connectivity index (χ1) is 14.4. The topological polar surface area (TPSA) is 72.8 Å². The summed E-state index contributed by atoms with van der Waals surface area (Å²) in [6.45, 7) is 7.22. The Bertz CT molecular complexity index is 460. The zero-order chi connectivity index (χ0) is 22.7. The van der Waals surface area contributed by atoms with Crippen molar-refractivity contribution in [1.29, 1.82) is 0 Å². The Morgan fingerprint density at radius 1 is 0.900 bits per heavy atom. The number of carbonyl (C=O) groups excluding carboxylic acids is 2. The largest absolute Gasteiger partial charge is 0.466 e. The highest BCUT2D eigenvalue weighted by Gasteiger charge is 2.43. The molecule has 0 aromatic rings. The van der Waals surface area contributed by atoms with E-state index in [1.54, 1.807) is 6.92 Å². The third-order valence-electron chi connectivity index (χ3n) is 5.58. The quantitative estimate of drug-likeness (QED) is 0.141. The van der Waals surface area contributed by atoms with Crippen LogP contribution < -0.4 is 0 Å². The Hall–Kier alpha value is -1.36. The Labute approximate surface area is 184 Å². The minimum atomic E-state index is -1.44. The maximum atomic E-state index is 12.3. The van der Waals surface area contributed by atoms with Crippen LogP contribution in [0, 0.1) is 0 Å². The van der Waals surface area contributed by atoms with E-state index < -0.39 is 23.6 Å². The van der Waals surface area contributed by atoms with Gasteiger partial charge in [0.05, 0.1) is 13.2 Å². The van der Waals surface area contributed by atoms with Crippen LogP contribution in [-0.2, 0) is 19.1 Å². The molecular formula is C25H46O5. The molecule has 0 amide bonds. The highest BCUT2D eigenvalue weighted by Crippen LogP contribution is 2.28. The molecule has 30 heavy (non-hydrogen) atoms. The number of hydrogen-bond acceptors (Lipinski definition) is 5. The second-order valence-corrected chi connectivity index (χ2v) is 8.51. The van der Waals surface area contributed by atoms with Crippen molar-refractivity contribution in [3.05, 3.63) is 12.7 Å². The predicted molar refractivity (Wildman–Crippen MR) is 122 cm³/mol. The second kappa shape index (κ2) is 18.4. The van der Waals surface area contributed by atoms with Crippen molar-refractivity contribution in [3.63, 3.8) is 0 Å². The molecule has 0 aliphatic rings. The van der Waals surface area contributed by atoms with Gasteiger partial charge in [-0.05, 0) is 19.8 Å². The summed E-state index contributed by atoms with van der Waals surface area (Å²) in [6, 6.07) is 0. The number of aliphatic hydroxyl groups excluding tert-OH is 1. The fraction of sp³-hybridized carbons (Fsp3) is 0.840. The van der Waals surface area contributed by atoms with Gasteiger partial charge in [0.25, 0.3) is 0 Å². The molecule has 0 aromatic carbocycles. The average Bonchev–Trinajstić information content (AvgIpc) is 2.72. The predicted octanol–water partition coefficient (Wildman–Crippen LogP) is 6.27. The fourth-order valence-electron chi connectivity index (χ4n) is 3.92. The molecule has 0 bridgehead atoms. The third kappa shape index (κ3) is 13.8. The van der Waals surface area contributed by atoms with Crippen molar-refractivity contribution in [2.45, 2.75) is 128 Å². The zero-order valence-electron chi connectivity index (χ0n) is 19.8. The number of aliphatic hydroxyl groups is 1. The molecule has 0 fully saturated rings. The third-order valence-corrected chi connectivity index (χ3v) is 5.58. The van der Waals surface area contributed by atoms with E-state index in [-0.39, 0.29) is 6.42 Å². The lowest BCUT2D eigenvalue weighted by atomic mass is 9.89. The molecule has 176 valence electrons. The lowest BCUT2D eigenvalue weighted by molar-refractivity contribution is -0.182. The normalized spacial score (nSPS) is 14.0. The number of hydrogen-bond donors (Lipinski definition) is 1. The van der Waals surface area contributed by atoms with Gasteiger partial charge < -0.3 is 14.6 Å². The Morgan fingerprint density at radius 3 is 1.70 bits per heavy atom. The van der Waals surface area contributed by atoms with Crippen molar-refractivity contribution in [1.82, 2.24) is 0 Å².